The van der Waals surface area contributed by atoms with E-state index in [0.29, 0.717) is 48.4 Å². The normalized spacial score (nSPS) is 16.3. The zero-order valence-electron chi connectivity index (χ0n) is 28.1. The average molecular weight is 677 g/mol. The van der Waals surface area contributed by atoms with Gasteiger partial charge in [0.1, 0.15) is 17.7 Å². The van der Waals surface area contributed by atoms with Crippen molar-refractivity contribution in [2.75, 3.05) is 48.4 Å². The fraction of sp³-hybridized carbons (Fsp3) is 0.389. The largest absolute Gasteiger partial charge is 0.487 e. The summed E-state index contributed by atoms with van der Waals surface area (Å²) in [6.45, 7) is 3.83. The molecule has 0 bridgehead atoms. The number of aliphatic hydroxyl groups is 1. The van der Waals surface area contributed by atoms with E-state index in [0.717, 1.165) is 0 Å². The molecule has 3 aromatic carbocycles. The Bertz CT molecular complexity index is 1620. The Morgan fingerprint density at radius 1 is 0.980 bits per heavy atom. The predicted molar refractivity (Wildman–Crippen MR) is 187 cm³/mol. The van der Waals surface area contributed by atoms with Crippen LogP contribution < -0.4 is 26.4 Å². The molecule has 49 heavy (non-hydrogen) atoms. The van der Waals surface area contributed by atoms with Crippen LogP contribution in [-0.4, -0.2) is 77.5 Å². The number of hydrogen-bond acceptors (Lipinski definition) is 7. The molecule has 3 atom stereocenters. The van der Waals surface area contributed by atoms with E-state index in [1.54, 1.807) is 61.3 Å². The Hall–Kier alpha value is -5.17. The number of nitrogen functional groups attached to an aromatic ring is 1. The van der Waals surface area contributed by atoms with E-state index in [1.807, 2.05) is 6.92 Å². The van der Waals surface area contributed by atoms with Gasteiger partial charge in [-0.15, -0.1) is 0 Å². The monoisotopic (exact) mass is 676 g/mol. The molecule has 0 aromatic heterocycles. The fourth-order valence-corrected chi connectivity index (χ4v) is 5.42. The first kappa shape index (κ1) is 36.7. The molecule has 5 amide bonds. The van der Waals surface area contributed by atoms with Gasteiger partial charge in [-0.25, -0.2) is 9.18 Å². The molecule has 3 aromatic rings. The van der Waals surface area contributed by atoms with Crippen molar-refractivity contribution in [3.8, 4) is 5.75 Å². The average Bonchev–Trinajstić information content (AvgIpc) is 3.08. The number of carbonyl (C=O) groups excluding carboxylic acids is 4. The summed E-state index contributed by atoms with van der Waals surface area (Å²) in [7, 11) is 1.61. The number of nitrogens with zero attached hydrogens (tertiary/aromatic N) is 2. The summed E-state index contributed by atoms with van der Waals surface area (Å²) < 4.78 is 19.6. The summed E-state index contributed by atoms with van der Waals surface area (Å²) in [6, 6.07) is 16.4. The third-order valence-corrected chi connectivity index (χ3v) is 8.39. The first-order valence-corrected chi connectivity index (χ1v) is 16.4. The Labute approximate surface area is 285 Å². The number of nitrogens with one attached hydrogen (secondary N) is 3. The van der Waals surface area contributed by atoms with Gasteiger partial charge in [-0.05, 0) is 74.4 Å². The number of hydrogen-bond donors (Lipinski definition) is 5. The molecule has 1 aliphatic heterocycles. The van der Waals surface area contributed by atoms with Crippen molar-refractivity contribution >= 4 is 46.5 Å². The molecule has 0 radical (unpaired) electrons. The van der Waals surface area contributed by atoms with Crippen molar-refractivity contribution in [3.63, 3.8) is 0 Å². The Kier molecular flexibility index (Phi) is 12.9. The number of aliphatic hydroxyl groups excluding tert-OH is 1. The molecule has 0 saturated carbocycles. The Balaban J connectivity index is 1.36. The van der Waals surface area contributed by atoms with Gasteiger partial charge in [0.2, 0.25) is 11.8 Å². The van der Waals surface area contributed by atoms with Crippen molar-refractivity contribution in [1.82, 2.24) is 9.80 Å². The van der Waals surface area contributed by atoms with Gasteiger partial charge in [0.25, 0.3) is 5.91 Å². The van der Waals surface area contributed by atoms with E-state index in [4.69, 9.17) is 10.5 Å². The van der Waals surface area contributed by atoms with Gasteiger partial charge in [0, 0.05) is 43.7 Å². The van der Waals surface area contributed by atoms with Crippen LogP contribution in [0, 0.1) is 11.7 Å². The molecule has 0 spiro atoms. The number of carbonyl (C=O) groups is 4. The smallest absolute Gasteiger partial charge is 0.321 e. The highest BCUT2D eigenvalue weighted by atomic mass is 19.1. The number of unbranched alkanes of at least 4 members (excludes halogenated alkanes) is 2. The highest BCUT2D eigenvalue weighted by Crippen LogP contribution is 2.31. The predicted octanol–water partition coefficient (Wildman–Crippen LogP) is 5.32. The second kappa shape index (κ2) is 17.3. The summed E-state index contributed by atoms with van der Waals surface area (Å²) in [4.78, 5) is 54.7. The quantitative estimate of drug-likeness (QED) is 0.121. The van der Waals surface area contributed by atoms with Gasteiger partial charge in [0.15, 0.2) is 0 Å². The third-order valence-electron chi connectivity index (χ3n) is 8.39. The second-order valence-corrected chi connectivity index (χ2v) is 12.4. The summed E-state index contributed by atoms with van der Waals surface area (Å²) in [5, 5.41) is 18.3. The van der Waals surface area contributed by atoms with Crippen LogP contribution >= 0.6 is 0 Å². The number of para-hydroxylation sites is 2. The molecular formula is C36H45FN6O6. The number of rotatable bonds is 13. The van der Waals surface area contributed by atoms with Crippen LogP contribution in [0.25, 0.3) is 0 Å². The first-order chi connectivity index (χ1) is 23.4. The number of benzene rings is 3. The summed E-state index contributed by atoms with van der Waals surface area (Å²) >= 11 is 0. The minimum atomic E-state index is -0.531. The van der Waals surface area contributed by atoms with Crippen molar-refractivity contribution < 1.29 is 33.4 Å². The molecule has 1 aliphatic rings. The maximum atomic E-state index is 13.8. The maximum absolute atomic E-state index is 13.8. The standard InChI is InChI=1S/C36H45FN6O6/c1-23-20-43(24(2)22-44)35(47)28-19-27(39-33(45)11-5-4-6-12-34(46)41-30-10-8-7-9-29(30)38)17-18-31(28)49-32(23)21-42(3)36(48)40-26-15-13-25(37)14-16-26/h7-10,13-19,23-24,32,44H,4-6,11-12,20-22,38H2,1-3H3,(H,39,45)(H,40,48)(H,41,46)/t23-,24+,32+/m0/s1. The van der Waals surface area contributed by atoms with Crippen LogP contribution in [0.2, 0.25) is 0 Å². The van der Waals surface area contributed by atoms with Crippen molar-refractivity contribution in [2.45, 2.75) is 58.1 Å². The van der Waals surface area contributed by atoms with Crippen LogP contribution in [0.5, 0.6) is 5.75 Å². The molecule has 4 rings (SSSR count). The summed E-state index contributed by atoms with van der Waals surface area (Å²) in [6.07, 6.45) is 1.86. The SMILES string of the molecule is C[C@H](CO)N1C[C@H](C)[C@@H](CN(C)C(=O)Nc2ccc(F)cc2)Oc2ccc(NC(=O)CCCCCC(=O)Nc3ccccc3N)cc2C1=O. The first-order valence-electron chi connectivity index (χ1n) is 16.4. The van der Waals surface area contributed by atoms with E-state index >= 15 is 0 Å². The lowest BCUT2D eigenvalue weighted by Crippen LogP contribution is -2.50. The Morgan fingerprint density at radius 3 is 2.31 bits per heavy atom. The molecule has 13 heteroatoms. The molecule has 12 nitrogen and oxygen atoms in total. The number of amides is 5. The van der Waals surface area contributed by atoms with Gasteiger partial charge in [-0.1, -0.05) is 25.5 Å². The molecule has 0 unspecified atom stereocenters. The molecule has 1 heterocycles. The summed E-state index contributed by atoms with van der Waals surface area (Å²) in [5.74, 6) is -1.08. The van der Waals surface area contributed by atoms with Crippen LogP contribution in [0.1, 0.15) is 56.3 Å². The highest BCUT2D eigenvalue weighted by molar-refractivity contribution is 6.00. The lowest BCUT2D eigenvalue weighted by molar-refractivity contribution is -0.116. The van der Waals surface area contributed by atoms with Gasteiger partial charge in [0.05, 0.1) is 36.1 Å². The van der Waals surface area contributed by atoms with E-state index in [9.17, 15) is 28.7 Å². The Morgan fingerprint density at radius 2 is 1.63 bits per heavy atom. The molecule has 262 valence electrons. The number of fused-ring (bicyclic) bond motifs is 1. The maximum Gasteiger partial charge on any atom is 0.321 e. The molecular weight excluding hydrogens is 631 g/mol. The molecule has 0 saturated heterocycles. The van der Waals surface area contributed by atoms with E-state index in [1.165, 1.54) is 29.2 Å². The van der Waals surface area contributed by atoms with Gasteiger partial charge in [-0.2, -0.15) is 0 Å². The topological polar surface area (TPSA) is 166 Å². The minimum Gasteiger partial charge on any atom is -0.487 e. The number of anilines is 4. The lowest BCUT2D eigenvalue weighted by Gasteiger charge is -2.38. The highest BCUT2D eigenvalue weighted by Gasteiger charge is 2.34. The van der Waals surface area contributed by atoms with Crippen LogP contribution in [0.3, 0.4) is 0 Å². The van der Waals surface area contributed by atoms with Crippen LogP contribution in [-0.2, 0) is 9.59 Å². The fourth-order valence-electron chi connectivity index (χ4n) is 5.42. The van der Waals surface area contributed by atoms with Gasteiger partial charge < -0.3 is 41.3 Å². The number of urea groups is 1. The van der Waals surface area contributed by atoms with Gasteiger partial charge >= 0.3 is 6.03 Å². The molecule has 6 N–H and O–H groups in total. The van der Waals surface area contributed by atoms with Crippen molar-refractivity contribution in [2.24, 2.45) is 5.92 Å². The molecule has 0 aliphatic carbocycles. The number of nitrogens with two attached hydrogens (primary N) is 1. The van der Waals surface area contributed by atoms with Crippen molar-refractivity contribution in [3.05, 3.63) is 78.1 Å². The zero-order chi connectivity index (χ0) is 35.5. The third kappa shape index (κ3) is 10.4. The van der Waals surface area contributed by atoms with Crippen LogP contribution in [0.4, 0.5) is 31.9 Å². The van der Waals surface area contributed by atoms with Crippen LogP contribution in [0.15, 0.2) is 66.7 Å². The van der Waals surface area contributed by atoms with Gasteiger partial charge in [-0.3, -0.25) is 14.4 Å². The number of likely N-dealkylation sites (N-methyl/N-ethyl adjacent to an activating group) is 1. The zero-order valence-corrected chi connectivity index (χ0v) is 28.1. The van der Waals surface area contributed by atoms with E-state index in [2.05, 4.69) is 16.0 Å². The van der Waals surface area contributed by atoms with E-state index < -0.39 is 24.0 Å². The van der Waals surface area contributed by atoms with E-state index in [-0.39, 0.29) is 61.1 Å². The number of ether oxygens (including phenoxy) is 1. The lowest BCUT2D eigenvalue weighted by atomic mass is 9.99. The van der Waals surface area contributed by atoms with Crippen molar-refractivity contribution in [1.29, 1.82) is 0 Å². The second-order valence-electron chi connectivity index (χ2n) is 12.4. The number of halogens is 1. The minimum absolute atomic E-state index is 0.142. The summed E-state index contributed by atoms with van der Waals surface area (Å²) in [5.41, 5.74) is 8.02. The molecule has 0 fully saturated rings.